The highest BCUT2D eigenvalue weighted by atomic mass is 16.2. The van der Waals surface area contributed by atoms with Gasteiger partial charge in [0.1, 0.15) is 0 Å². The van der Waals surface area contributed by atoms with E-state index in [9.17, 15) is 9.59 Å². The quantitative estimate of drug-likeness (QED) is 0.884. The van der Waals surface area contributed by atoms with E-state index in [1.807, 2.05) is 44.2 Å². The minimum Gasteiger partial charge on any atom is -0.352 e. The largest absolute Gasteiger partial charge is 0.352 e. The van der Waals surface area contributed by atoms with Crippen LogP contribution in [0.25, 0.3) is 0 Å². The van der Waals surface area contributed by atoms with Gasteiger partial charge in [-0.1, -0.05) is 24.3 Å². The number of hydrogen-bond acceptors (Lipinski definition) is 2. The van der Waals surface area contributed by atoms with Crippen LogP contribution in [0.3, 0.4) is 0 Å². The molecule has 0 bridgehead atoms. The molecule has 2 aromatic rings. The number of nitrogens with one attached hydrogen (secondary N) is 2. The molecule has 1 aliphatic carbocycles. The van der Waals surface area contributed by atoms with E-state index < -0.39 is 0 Å². The molecule has 0 unspecified atom stereocenters. The molecule has 0 aliphatic heterocycles. The van der Waals surface area contributed by atoms with Crippen molar-refractivity contribution in [2.45, 2.75) is 33.2 Å². The third-order valence-corrected chi connectivity index (χ3v) is 4.48. The molecule has 0 radical (unpaired) electrons. The first-order chi connectivity index (χ1) is 11.5. The third-order valence-electron chi connectivity index (χ3n) is 4.48. The van der Waals surface area contributed by atoms with E-state index in [0.29, 0.717) is 12.1 Å². The van der Waals surface area contributed by atoms with Crippen LogP contribution < -0.4 is 10.6 Å². The van der Waals surface area contributed by atoms with Gasteiger partial charge in [0.15, 0.2) is 0 Å². The number of rotatable bonds is 5. The first-order valence-corrected chi connectivity index (χ1v) is 8.29. The normalized spacial score (nSPS) is 13.4. The summed E-state index contributed by atoms with van der Waals surface area (Å²) in [5.41, 5.74) is 4.65. The molecule has 0 heterocycles. The van der Waals surface area contributed by atoms with Crippen molar-refractivity contribution in [1.82, 2.24) is 5.32 Å². The topological polar surface area (TPSA) is 58.2 Å². The second kappa shape index (κ2) is 6.87. The number of aryl methyl sites for hydroxylation is 1. The number of amides is 2. The lowest BCUT2D eigenvalue weighted by Crippen LogP contribution is -2.24. The first kappa shape index (κ1) is 16.2. The molecule has 2 aromatic carbocycles. The van der Waals surface area contributed by atoms with Crippen LogP contribution >= 0.6 is 0 Å². The summed E-state index contributed by atoms with van der Waals surface area (Å²) < 4.78 is 0. The second-order valence-corrected chi connectivity index (χ2v) is 6.39. The fourth-order valence-corrected chi connectivity index (χ4v) is 2.53. The lowest BCUT2D eigenvalue weighted by molar-refractivity contribution is -0.122. The van der Waals surface area contributed by atoms with Crippen LogP contribution in [-0.2, 0) is 11.3 Å². The van der Waals surface area contributed by atoms with Gasteiger partial charge in [0.2, 0.25) is 5.91 Å². The Morgan fingerprint density at radius 2 is 1.75 bits per heavy atom. The molecule has 24 heavy (non-hydrogen) atoms. The van der Waals surface area contributed by atoms with Crippen LogP contribution in [0.2, 0.25) is 0 Å². The minimum absolute atomic E-state index is 0.128. The van der Waals surface area contributed by atoms with Crippen LogP contribution in [-0.4, -0.2) is 11.8 Å². The van der Waals surface area contributed by atoms with Crippen molar-refractivity contribution in [2.75, 3.05) is 5.32 Å². The Bertz CT molecular complexity index is 762. The molecular formula is C20H22N2O2. The zero-order valence-corrected chi connectivity index (χ0v) is 14.1. The van der Waals surface area contributed by atoms with Gasteiger partial charge in [0, 0.05) is 23.7 Å². The molecule has 124 valence electrons. The highest BCUT2D eigenvalue weighted by molar-refractivity contribution is 6.04. The van der Waals surface area contributed by atoms with E-state index in [1.54, 1.807) is 12.1 Å². The summed E-state index contributed by atoms with van der Waals surface area (Å²) in [6.07, 6.45) is 2.01. The SMILES string of the molecule is Cc1cccc(NC(=O)c2ccc(CNC(=O)C3CC3)cc2)c1C. The Balaban J connectivity index is 1.61. The van der Waals surface area contributed by atoms with E-state index in [0.717, 1.165) is 35.2 Å². The summed E-state index contributed by atoms with van der Waals surface area (Å²) in [6.45, 7) is 4.53. The van der Waals surface area contributed by atoms with E-state index in [-0.39, 0.29) is 17.7 Å². The molecule has 0 saturated heterocycles. The van der Waals surface area contributed by atoms with Crippen molar-refractivity contribution in [3.05, 3.63) is 64.7 Å². The predicted molar refractivity (Wildman–Crippen MR) is 94.9 cm³/mol. The van der Waals surface area contributed by atoms with Gasteiger partial charge in [0.05, 0.1) is 0 Å². The summed E-state index contributed by atoms with van der Waals surface area (Å²) in [5, 5.41) is 5.88. The molecule has 1 fully saturated rings. The van der Waals surface area contributed by atoms with Crippen LogP contribution in [0.5, 0.6) is 0 Å². The summed E-state index contributed by atoms with van der Waals surface area (Å²) in [4.78, 5) is 24.0. The van der Waals surface area contributed by atoms with Crippen molar-refractivity contribution in [2.24, 2.45) is 5.92 Å². The number of hydrogen-bond donors (Lipinski definition) is 2. The maximum Gasteiger partial charge on any atom is 0.255 e. The fourth-order valence-electron chi connectivity index (χ4n) is 2.53. The smallest absolute Gasteiger partial charge is 0.255 e. The first-order valence-electron chi connectivity index (χ1n) is 8.29. The van der Waals surface area contributed by atoms with E-state index in [1.165, 1.54) is 0 Å². The number of benzene rings is 2. The molecule has 1 aliphatic rings. The van der Waals surface area contributed by atoms with Crippen molar-refractivity contribution in [1.29, 1.82) is 0 Å². The maximum atomic E-state index is 12.4. The Morgan fingerprint density at radius 3 is 2.42 bits per heavy atom. The monoisotopic (exact) mass is 322 g/mol. The standard InChI is InChI=1S/C20H22N2O2/c1-13-4-3-5-18(14(13)2)22-20(24)17-8-6-15(7-9-17)12-21-19(23)16-10-11-16/h3-9,16H,10-12H2,1-2H3,(H,21,23)(H,22,24). The summed E-state index contributed by atoms with van der Waals surface area (Å²) in [6, 6.07) is 13.2. The number of anilines is 1. The summed E-state index contributed by atoms with van der Waals surface area (Å²) in [7, 11) is 0. The van der Waals surface area contributed by atoms with E-state index >= 15 is 0 Å². The number of carbonyl (C=O) groups excluding carboxylic acids is 2. The summed E-state index contributed by atoms with van der Waals surface area (Å²) in [5.74, 6) is 0.219. The molecule has 0 atom stereocenters. The number of carbonyl (C=O) groups is 2. The molecule has 0 aromatic heterocycles. The molecule has 2 N–H and O–H groups in total. The van der Waals surface area contributed by atoms with Gasteiger partial charge in [0.25, 0.3) is 5.91 Å². The zero-order chi connectivity index (χ0) is 17.1. The third kappa shape index (κ3) is 3.82. The second-order valence-electron chi connectivity index (χ2n) is 6.39. The van der Waals surface area contributed by atoms with Gasteiger partial charge in [-0.25, -0.2) is 0 Å². The molecule has 1 saturated carbocycles. The Labute approximate surface area is 142 Å². The van der Waals surface area contributed by atoms with Crippen molar-refractivity contribution in [3.8, 4) is 0 Å². The molecule has 2 amide bonds. The van der Waals surface area contributed by atoms with Crippen LogP contribution in [0, 0.1) is 19.8 Å². The highest BCUT2D eigenvalue weighted by Gasteiger charge is 2.29. The minimum atomic E-state index is -0.128. The van der Waals surface area contributed by atoms with Gasteiger partial charge in [-0.15, -0.1) is 0 Å². The lowest BCUT2D eigenvalue weighted by atomic mass is 10.1. The van der Waals surface area contributed by atoms with Gasteiger partial charge < -0.3 is 10.6 Å². The molecule has 3 rings (SSSR count). The molecular weight excluding hydrogens is 300 g/mol. The zero-order valence-electron chi connectivity index (χ0n) is 14.1. The van der Waals surface area contributed by atoms with Crippen LogP contribution in [0.1, 0.15) is 39.9 Å². The van der Waals surface area contributed by atoms with Crippen molar-refractivity contribution in [3.63, 3.8) is 0 Å². The molecule has 4 nitrogen and oxygen atoms in total. The van der Waals surface area contributed by atoms with Gasteiger partial charge in [-0.05, 0) is 61.6 Å². The van der Waals surface area contributed by atoms with Crippen LogP contribution in [0.15, 0.2) is 42.5 Å². The average molecular weight is 322 g/mol. The maximum absolute atomic E-state index is 12.4. The Hall–Kier alpha value is -2.62. The van der Waals surface area contributed by atoms with E-state index in [4.69, 9.17) is 0 Å². The average Bonchev–Trinajstić information content (AvgIpc) is 3.42. The van der Waals surface area contributed by atoms with Gasteiger partial charge in [-0.2, -0.15) is 0 Å². The van der Waals surface area contributed by atoms with E-state index in [2.05, 4.69) is 10.6 Å². The Kier molecular flexibility index (Phi) is 4.65. The fraction of sp³-hybridized carbons (Fsp3) is 0.300. The lowest BCUT2D eigenvalue weighted by Gasteiger charge is -2.11. The molecule has 4 heteroatoms. The van der Waals surface area contributed by atoms with Gasteiger partial charge >= 0.3 is 0 Å². The Morgan fingerprint density at radius 1 is 1.04 bits per heavy atom. The van der Waals surface area contributed by atoms with Crippen LogP contribution in [0.4, 0.5) is 5.69 Å². The van der Waals surface area contributed by atoms with Gasteiger partial charge in [-0.3, -0.25) is 9.59 Å². The van der Waals surface area contributed by atoms with Crippen molar-refractivity contribution >= 4 is 17.5 Å². The predicted octanol–water partition coefficient (Wildman–Crippen LogP) is 3.58. The highest BCUT2D eigenvalue weighted by Crippen LogP contribution is 2.28. The molecule has 0 spiro atoms. The van der Waals surface area contributed by atoms with Crippen molar-refractivity contribution < 1.29 is 9.59 Å². The summed E-state index contributed by atoms with van der Waals surface area (Å²) >= 11 is 0.